The third-order valence-electron chi connectivity index (χ3n) is 4.17. The molecule has 0 atom stereocenters. The smallest absolute Gasteiger partial charge is 0.276 e. The Bertz CT molecular complexity index is 1030. The van der Waals surface area contributed by atoms with Gasteiger partial charge in [0.1, 0.15) is 18.1 Å². The van der Waals surface area contributed by atoms with E-state index in [1.54, 1.807) is 24.3 Å². The fourth-order valence-electron chi connectivity index (χ4n) is 2.56. The van der Waals surface area contributed by atoms with Crippen LogP contribution in [0.4, 0.5) is 4.39 Å². The molecule has 0 saturated carbocycles. The fourth-order valence-corrected chi connectivity index (χ4v) is 2.56. The summed E-state index contributed by atoms with van der Waals surface area (Å²) in [6.07, 6.45) is 0. The largest absolute Gasteiger partial charge is 0.494 e. The lowest BCUT2D eigenvalue weighted by Gasteiger charge is -2.10. The second-order valence-electron chi connectivity index (χ2n) is 6.39. The second kappa shape index (κ2) is 10.6. The maximum atomic E-state index is 13.7. The Morgan fingerprint density at radius 1 is 0.871 bits per heavy atom. The van der Waals surface area contributed by atoms with E-state index in [1.165, 1.54) is 19.2 Å². The summed E-state index contributed by atoms with van der Waals surface area (Å²) < 4.78 is 29.5. The van der Waals surface area contributed by atoms with Gasteiger partial charge in [-0.05, 0) is 48.0 Å². The minimum Gasteiger partial charge on any atom is -0.494 e. The second-order valence-corrected chi connectivity index (χ2v) is 6.39. The Hall–Kier alpha value is -4.07. The van der Waals surface area contributed by atoms with Crippen molar-refractivity contribution >= 4 is 11.8 Å². The van der Waals surface area contributed by atoms with Gasteiger partial charge in [0.25, 0.3) is 11.8 Å². The SMILES string of the molecule is COc1ccc(C(=O)NNC(=O)COc2ccc(OCc3ccccc3)cc2)cc1F. The van der Waals surface area contributed by atoms with Gasteiger partial charge in [0.15, 0.2) is 18.2 Å². The van der Waals surface area contributed by atoms with E-state index in [2.05, 4.69) is 10.9 Å². The van der Waals surface area contributed by atoms with E-state index in [0.29, 0.717) is 18.1 Å². The summed E-state index contributed by atoms with van der Waals surface area (Å²) in [4.78, 5) is 23.9. The predicted octanol–water partition coefficient (Wildman–Crippen LogP) is 3.25. The molecule has 0 unspecified atom stereocenters. The van der Waals surface area contributed by atoms with Gasteiger partial charge in [-0.25, -0.2) is 4.39 Å². The third-order valence-corrected chi connectivity index (χ3v) is 4.17. The van der Waals surface area contributed by atoms with E-state index in [0.717, 1.165) is 11.6 Å². The normalized spacial score (nSPS) is 10.1. The minimum absolute atomic E-state index is 0.0190. The lowest BCUT2D eigenvalue weighted by molar-refractivity contribution is -0.123. The van der Waals surface area contributed by atoms with E-state index in [1.807, 2.05) is 30.3 Å². The summed E-state index contributed by atoms with van der Waals surface area (Å²) in [5.41, 5.74) is 5.49. The molecule has 3 aromatic carbocycles. The third kappa shape index (κ3) is 6.46. The Morgan fingerprint density at radius 2 is 1.55 bits per heavy atom. The molecule has 0 radical (unpaired) electrons. The number of hydrogen-bond donors (Lipinski definition) is 2. The van der Waals surface area contributed by atoms with Crippen molar-refractivity contribution in [1.29, 1.82) is 0 Å². The minimum atomic E-state index is -0.680. The Balaban J connectivity index is 1.41. The van der Waals surface area contributed by atoms with E-state index in [9.17, 15) is 14.0 Å². The number of nitrogens with one attached hydrogen (secondary N) is 2. The lowest BCUT2D eigenvalue weighted by Crippen LogP contribution is -2.43. The van der Waals surface area contributed by atoms with Crippen molar-refractivity contribution in [3.8, 4) is 17.2 Å². The average Bonchev–Trinajstić information content (AvgIpc) is 2.81. The molecule has 0 saturated heterocycles. The standard InChI is InChI=1S/C23H21FN2O5/c1-29-21-12-7-17(13-20(21)24)23(28)26-25-22(27)15-31-19-10-8-18(9-11-19)30-14-16-5-3-2-4-6-16/h2-13H,14-15H2,1H3,(H,25,27)(H,26,28). The van der Waals surface area contributed by atoms with Crippen LogP contribution in [0.15, 0.2) is 72.8 Å². The van der Waals surface area contributed by atoms with Crippen LogP contribution in [0.3, 0.4) is 0 Å². The van der Waals surface area contributed by atoms with Gasteiger partial charge < -0.3 is 14.2 Å². The predicted molar refractivity (Wildman–Crippen MR) is 111 cm³/mol. The molecule has 3 rings (SSSR count). The first-order valence-electron chi connectivity index (χ1n) is 9.37. The number of methoxy groups -OCH3 is 1. The first-order chi connectivity index (χ1) is 15.0. The van der Waals surface area contributed by atoms with Crippen molar-refractivity contribution < 1.29 is 28.2 Å². The zero-order chi connectivity index (χ0) is 22.1. The maximum absolute atomic E-state index is 13.7. The molecule has 2 amide bonds. The fraction of sp³-hybridized carbons (Fsp3) is 0.130. The van der Waals surface area contributed by atoms with Gasteiger partial charge in [0.2, 0.25) is 0 Å². The van der Waals surface area contributed by atoms with Crippen LogP contribution in [0.25, 0.3) is 0 Å². The highest BCUT2D eigenvalue weighted by molar-refractivity contribution is 5.95. The maximum Gasteiger partial charge on any atom is 0.276 e. The van der Waals surface area contributed by atoms with Crippen molar-refractivity contribution in [2.45, 2.75) is 6.61 Å². The van der Waals surface area contributed by atoms with E-state index < -0.39 is 17.6 Å². The van der Waals surface area contributed by atoms with Gasteiger partial charge in [0, 0.05) is 5.56 Å². The number of carbonyl (C=O) groups excluding carboxylic acids is 2. The summed E-state index contributed by atoms with van der Waals surface area (Å²) >= 11 is 0. The summed E-state index contributed by atoms with van der Waals surface area (Å²) in [5, 5.41) is 0. The zero-order valence-electron chi connectivity index (χ0n) is 16.8. The van der Waals surface area contributed by atoms with Crippen LogP contribution in [0.5, 0.6) is 17.2 Å². The molecule has 0 heterocycles. The van der Waals surface area contributed by atoms with E-state index in [4.69, 9.17) is 14.2 Å². The summed E-state index contributed by atoms with van der Waals surface area (Å²) in [6.45, 7) is 0.128. The molecule has 31 heavy (non-hydrogen) atoms. The Kier molecular flexibility index (Phi) is 7.42. The highest BCUT2D eigenvalue weighted by Gasteiger charge is 2.11. The molecule has 0 aliphatic rings. The Morgan fingerprint density at radius 3 is 2.19 bits per heavy atom. The van der Waals surface area contributed by atoms with Gasteiger partial charge in [-0.15, -0.1) is 0 Å². The van der Waals surface area contributed by atoms with Gasteiger partial charge in [-0.2, -0.15) is 0 Å². The molecular weight excluding hydrogens is 403 g/mol. The topological polar surface area (TPSA) is 85.9 Å². The molecule has 7 nitrogen and oxygen atoms in total. The van der Waals surface area contributed by atoms with Crippen LogP contribution < -0.4 is 25.1 Å². The monoisotopic (exact) mass is 424 g/mol. The summed E-state index contributed by atoms with van der Waals surface area (Å²) in [6, 6.07) is 20.3. The summed E-state index contributed by atoms with van der Waals surface area (Å²) in [5.74, 6) is -0.779. The van der Waals surface area contributed by atoms with Crippen molar-refractivity contribution in [3.05, 3.63) is 89.7 Å². The molecule has 0 bridgehead atoms. The molecule has 0 aliphatic heterocycles. The van der Waals surface area contributed by atoms with Gasteiger partial charge >= 0.3 is 0 Å². The number of hydrogen-bond acceptors (Lipinski definition) is 5. The highest BCUT2D eigenvalue weighted by Crippen LogP contribution is 2.19. The molecule has 8 heteroatoms. The number of carbonyl (C=O) groups is 2. The first-order valence-corrected chi connectivity index (χ1v) is 9.37. The van der Waals surface area contributed by atoms with Crippen molar-refractivity contribution in [2.24, 2.45) is 0 Å². The van der Waals surface area contributed by atoms with Crippen LogP contribution in [0, 0.1) is 5.82 Å². The summed E-state index contributed by atoms with van der Waals surface area (Å²) in [7, 11) is 1.32. The van der Waals surface area contributed by atoms with E-state index >= 15 is 0 Å². The van der Waals surface area contributed by atoms with Crippen LogP contribution in [0.2, 0.25) is 0 Å². The molecule has 3 aromatic rings. The quantitative estimate of drug-likeness (QED) is 0.542. The first kappa shape index (κ1) is 21.6. The number of amides is 2. The number of hydrazine groups is 1. The molecule has 0 aliphatic carbocycles. The van der Waals surface area contributed by atoms with Crippen molar-refractivity contribution in [1.82, 2.24) is 10.9 Å². The molecule has 0 spiro atoms. The number of halogens is 1. The van der Waals surface area contributed by atoms with Crippen LogP contribution >= 0.6 is 0 Å². The van der Waals surface area contributed by atoms with Gasteiger partial charge in [-0.1, -0.05) is 30.3 Å². The van der Waals surface area contributed by atoms with Crippen molar-refractivity contribution in [2.75, 3.05) is 13.7 Å². The molecule has 160 valence electrons. The van der Waals surface area contributed by atoms with Crippen LogP contribution in [-0.4, -0.2) is 25.5 Å². The van der Waals surface area contributed by atoms with Crippen LogP contribution in [0.1, 0.15) is 15.9 Å². The lowest BCUT2D eigenvalue weighted by atomic mass is 10.2. The molecule has 0 fully saturated rings. The number of rotatable bonds is 8. The molecule has 2 N–H and O–H groups in total. The zero-order valence-corrected chi connectivity index (χ0v) is 16.8. The van der Waals surface area contributed by atoms with E-state index in [-0.39, 0.29) is 17.9 Å². The number of ether oxygens (including phenoxy) is 3. The van der Waals surface area contributed by atoms with Crippen LogP contribution in [-0.2, 0) is 11.4 Å². The van der Waals surface area contributed by atoms with Crippen molar-refractivity contribution in [3.63, 3.8) is 0 Å². The Labute approximate surface area is 178 Å². The highest BCUT2D eigenvalue weighted by atomic mass is 19.1. The number of benzene rings is 3. The van der Waals surface area contributed by atoms with Gasteiger partial charge in [-0.3, -0.25) is 20.4 Å². The molecule has 0 aromatic heterocycles. The molecular formula is C23H21FN2O5. The average molecular weight is 424 g/mol. The van der Waals surface area contributed by atoms with Gasteiger partial charge in [0.05, 0.1) is 7.11 Å².